The third kappa shape index (κ3) is 12.0. The van der Waals surface area contributed by atoms with Crippen LogP contribution in [0.2, 0.25) is 0 Å². The molecule has 1 aromatic heterocycles. The summed E-state index contributed by atoms with van der Waals surface area (Å²) in [6, 6.07) is 9.42. The molecule has 3 saturated heterocycles. The van der Waals surface area contributed by atoms with Crippen LogP contribution in [0.15, 0.2) is 60.3 Å². The van der Waals surface area contributed by atoms with E-state index in [-0.39, 0.29) is 25.4 Å². The number of oxime groups is 1. The highest BCUT2D eigenvalue weighted by Crippen LogP contribution is 2.43. The van der Waals surface area contributed by atoms with Gasteiger partial charge in [-0.25, -0.2) is 14.8 Å². The van der Waals surface area contributed by atoms with Crippen molar-refractivity contribution >= 4 is 29.9 Å². The Morgan fingerprint density at radius 3 is 2.33 bits per heavy atom. The second kappa shape index (κ2) is 21.9. The molecule has 3 aliphatic heterocycles. The van der Waals surface area contributed by atoms with E-state index in [2.05, 4.69) is 9.97 Å². The van der Waals surface area contributed by atoms with Crippen LogP contribution in [0.25, 0.3) is 6.08 Å². The Labute approximate surface area is 372 Å². The maximum atomic E-state index is 14.6. The van der Waals surface area contributed by atoms with E-state index in [4.69, 9.17) is 47.9 Å². The second-order valence-electron chi connectivity index (χ2n) is 17.8. The maximum Gasteiger partial charge on any atom is 0.509 e. The van der Waals surface area contributed by atoms with Gasteiger partial charge in [-0.1, -0.05) is 75.3 Å². The van der Waals surface area contributed by atoms with E-state index < -0.39 is 89.8 Å². The van der Waals surface area contributed by atoms with Gasteiger partial charge >= 0.3 is 18.1 Å². The van der Waals surface area contributed by atoms with Crippen molar-refractivity contribution in [1.29, 1.82) is 0 Å². The first kappa shape index (κ1) is 49.5. The van der Waals surface area contributed by atoms with Gasteiger partial charge in [-0.15, -0.1) is 0 Å². The molecule has 3 aliphatic rings. The Kier molecular flexibility index (Phi) is 17.2. The van der Waals surface area contributed by atoms with E-state index in [1.54, 1.807) is 33.4 Å². The molecule has 63 heavy (non-hydrogen) atoms. The Balaban J connectivity index is 1.65. The van der Waals surface area contributed by atoms with Crippen molar-refractivity contribution in [3.63, 3.8) is 0 Å². The Morgan fingerprint density at radius 2 is 1.70 bits per heavy atom. The molecule has 0 aliphatic carbocycles. The summed E-state index contributed by atoms with van der Waals surface area (Å²) in [6.07, 6.45) is 3.10. The highest BCUT2D eigenvalue weighted by molar-refractivity contribution is 5.89. The van der Waals surface area contributed by atoms with E-state index in [0.717, 1.165) is 11.1 Å². The van der Waals surface area contributed by atoms with E-state index in [0.29, 0.717) is 25.0 Å². The number of ether oxygens (including phenoxy) is 8. The first-order chi connectivity index (χ1) is 29.9. The molecule has 2 aromatic rings. The first-order valence-corrected chi connectivity index (χ1v) is 22.0. The number of hydrogen-bond donors (Lipinski definition) is 0. The smallest absolute Gasteiger partial charge is 0.458 e. The SMILES string of the molecule is CC[C@H]1OC(=O)[C@H](C)[C@@H](OC/C=C/c2cncnc2)[C@H](C)[C@@H](O[C@@H]2O[C@H](C)C[C@H](N(C)C)[C@H]2OC(C)=O)[C@](C)(OC)C[C@@H](C)/C(=N\OCc2ccccc2)[C@H](C)[C@H]2OC(=O)O[C@@]21C. The van der Waals surface area contributed by atoms with Crippen LogP contribution in [0.4, 0.5) is 4.79 Å². The number of carbonyl (C=O) groups excluding carboxylic acids is 3. The van der Waals surface area contributed by atoms with Crippen molar-refractivity contribution in [3.8, 4) is 0 Å². The molecule has 4 heterocycles. The first-order valence-electron chi connectivity index (χ1n) is 22.0. The molecule has 3 fully saturated rings. The van der Waals surface area contributed by atoms with Gasteiger partial charge in [-0.2, -0.15) is 0 Å². The molecule has 0 N–H and O–H groups in total. The molecule has 0 unspecified atom stereocenters. The summed E-state index contributed by atoms with van der Waals surface area (Å²) in [4.78, 5) is 56.7. The van der Waals surface area contributed by atoms with Crippen molar-refractivity contribution in [1.82, 2.24) is 14.9 Å². The van der Waals surface area contributed by atoms with Gasteiger partial charge in [0.05, 0.1) is 48.2 Å². The van der Waals surface area contributed by atoms with Crippen molar-refractivity contribution in [2.75, 3.05) is 27.8 Å². The number of benzene rings is 1. The van der Waals surface area contributed by atoms with Crippen LogP contribution < -0.4 is 0 Å². The van der Waals surface area contributed by atoms with Crippen molar-refractivity contribution < 1.29 is 57.1 Å². The summed E-state index contributed by atoms with van der Waals surface area (Å²) in [5.41, 5.74) is -0.309. The standard InChI is InChI=1S/C47H68N4O12/c1-13-37-47(9)42(62-45(54)63-47)30(4)38(50-57-26-34-18-15-14-16-19-34)28(2)23-46(8,55-12)41(61-44-40(59-33(7)52)36(51(10)11)22-29(3)58-44)31(5)39(32(6)43(53)60-37)56-21-17-20-35-24-48-27-49-25-35/h14-20,24-25,27-32,36-37,39-42,44H,13,21-23,26H2,1-12H3/b20-17+,50-38+/t28-,29-,30+,31+,32-,36+,37-,39+,40-,41-,42-,44+,46-,47-/m1/s1. The van der Waals surface area contributed by atoms with E-state index in [1.165, 1.54) is 13.3 Å². The van der Waals surface area contributed by atoms with Crippen molar-refractivity contribution in [2.24, 2.45) is 28.8 Å². The molecule has 16 nitrogen and oxygen atoms in total. The number of aromatic nitrogens is 2. The molecule has 1 aromatic carbocycles. The van der Waals surface area contributed by atoms with E-state index >= 15 is 0 Å². The highest BCUT2D eigenvalue weighted by Gasteiger charge is 2.59. The van der Waals surface area contributed by atoms with Gasteiger partial charge in [0.15, 0.2) is 24.1 Å². The van der Waals surface area contributed by atoms with Crippen molar-refractivity contribution in [3.05, 3.63) is 66.3 Å². The number of methoxy groups -OCH3 is 1. The lowest BCUT2D eigenvalue weighted by Crippen LogP contribution is -2.61. The largest absolute Gasteiger partial charge is 0.509 e. The summed E-state index contributed by atoms with van der Waals surface area (Å²) < 4.78 is 51.2. The molecular weight excluding hydrogens is 813 g/mol. The minimum atomic E-state index is -1.40. The molecular formula is C47H68N4O12. The number of esters is 2. The van der Waals surface area contributed by atoms with E-state index in [1.807, 2.05) is 103 Å². The fraction of sp³-hybridized carbons (Fsp3) is 0.660. The third-order valence-corrected chi connectivity index (χ3v) is 12.8. The average molecular weight is 881 g/mol. The third-order valence-electron chi connectivity index (χ3n) is 12.8. The number of carbonyl (C=O) groups is 3. The van der Waals surface area contributed by atoms with Crippen LogP contribution in [0.3, 0.4) is 0 Å². The molecule has 0 bridgehead atoms. The van der Waals surface area contributed by atoms with Gasteiger partial charge < -0.3 is 47.6 Å². The van der Waals surface area contributed by atoms with Gasteiger partial charge in [-0.05, 0) is 66.6 Å². The number of hydrogen-bond acceptors (Lipinski definition) is 16. The summed E-state index contributed by atoms with van der Waals surface area (Å²) in [6.45, 7) is 16.7. The Hall–Kier alpha value is -4.48. The molecule has 0 radical (unpaired) electrons. The number of nitrogens with zero attached hydrogens (tertiary/aromatic N) is 4. The molecule has 5 rings (SSSR count). The zero-order chi connectivity index (χ0) is 46.1. The van der Waals surface area contributed by atoms with Crippen LogP contribution in [0.1, 0.15) is 92.7 Å². The average Bonchev–Trinajstić information content (AvgIpc) is 3.57. The summed E-state index contributed by atoms with van der Waals surface area (Å²) in [7, 11) is 5.46. The normalized spacial score (nSPS) is 36.2. The number of fused-ring (bicyclic) bond motifs is 1. The minimum Gasteiger partial charge on any atom is -0.458 e. The zero-order valence-electron chi connectivity index (χ0n) is 38.9. The molecule has 348 valence electrons. The lowest BCUT2D eigenvalue weighted by Gasteiger charge is -2.49. The fourth-order valence-electron chi connectivity index (χ4n) is 9.48. The van der Waals surface area contributed by atoms with Crippen molar-refractivity contribution in [2.45, 2.75) is 148 Å². The lowest BCUT2D eigenvalue weighted by molar-refractivity contribution is -0.304. The summed E-state index contributed by atoms with van der Waals surface area (Å²) in [5.74, 6) is -3.54. The molecule has 16 heteroatoms. The summed E-state index contributed by atoms with van der Waals surface area (Å²) >= 11 is 0. The predicted octanol–water partition coefficient (Wildman–Crippen LogP) is 6.80. The predicted molar refractivity (Wildman–Crippen MR) is 233 cm³/mol. The zero-order valence-corrected chi connectivity index (χ0v) is 38.9. The van der Waals surface area contributed by atoms with Gasteiger partial charge in [0.1, 0.15) is 19.0 Å². The molecule has 14 atom stereocenters. The monoisotopic (exact) mass is 880 g/mol. The minimum absolute atomic E-state index is 0.0968. The fourth-order valence-corrected chi connectivity index (χ4v) is 9.48. The maximum absolute atomic E-state index is 14.6. The number of rotatable bonds is 13. The molecule has 0 saturated carbocycles. The molecule has 0 spiro atoms. The number of cyclic esters (lactones) is 1. The van der Waals surface area contributed by atoms with Gasteiger partial charge in [-0.3, -0.25) is 9.59 Å². The quantitative estimate of drug-likeness (QED) is 0.117. The van der Waals surface area contributed by atoms with Crippen LogP contribution in [-0.4, -0.2) is 127 Å². The van der Waals surface area contributed by atoms with Gasteiger partial charge in [0.25, 0.3) is 0 Å². The highest BCUT2D eigenvalue weighted by atomic mass is 16.8. The number of likely N-dealkylation sites (N-methyl/N-ethyl adjacent to an activating group) is 1. The molecule has 0 amide bonds. The van der Waals surface area contributed by atoms with Crippen LogP contribution >= 0.6 is 0 Å². The van der Waals surface area contributed by atoms with Crippen LogP contribution in [0.5, 0.6) is 0 Å². The van der Waals surface area contributed by atoms with Gasteiger partial charge in [0, 0.05) is 49.7 Å². The second-order valence-corrected chi connectivity index (χ2v) is 17.8. The van der Waals surface area contributed by atoms with E-state index in [9.17, 15) is 14.4 Å². The van der Waals surface area contributed by atoms with Crippen LogP contribution in [0, 0.1) is 23.7 Å². The van der Waals surface area contributed by atoms with Gasteiger partial charge in [0.2, 0.25) is 0 Å². The Morgan fingerprint density at radius 1 is 1.00 bits per heavy atom. The lowest BCUT2D eigenvalue weighted by atomic mass is 9.73. The Bertz CT molecular complexity index is 1870. The van der Waals surface area contributed by atoms with Crippen LogP contribution in [-0.2, 0) is 58.9 Å². The topological polar surface area (TPSA) is 176 Å². The summed E-state index contributed by atoms with van der Waals surface area (Å²) in [5, 5.41) is 4.78.